The number of thiazole rings is 1. The van der Waals surface area contributed by atoms with Crippen molar-refractivity contribution in [1.82, 2.24) is 10.3 Å². The maximum atomic E-state index is 13.7. The number of urea groups is 1. The molecule has 0 aliphatic rings. The Bertz CT molecular complexity index is 780. The number of rotatable bonds is 7. The summed E-state index contributed by atoms with van der Waals surface area (Å²) in [6, 6.07) is 2.92. The predicted octanol–water partition coefficient (Wildman–Crippen LogP) is 3.31. The molecule has 2 rings (SSSR count). The van der Waals surface area contributed by atoms with Crippen LogP contribution in [0, 0.1) is 18.6 Å². The summed E-state index contributed by atoms with van der Waals surface area (Å²) < 4.78 is 26.7. The molecule has 2 aromatic rings. The highest BCUT2D eigenvalue weighted by Gasteiger charge is 2.13. The molecule has 0 saturated heterocycles. The first-order valence-electron chi connectivity index (χ1n) is 7.52. The second kappa shape index (κ2) is 8.52. The fourth-order valence-electron chi connectivity index (χ4n) is 2.07. The quantitative estimate of drug-likeness (QED) is 0.653. The fourth-order valence-corrected chi connectivity index (χ4v) is 3.05. The van der Waals surface area contributed by atoms with Crippen molar-refractivity contribution >= 4 is 28.5 Å². The molecule has 0 bridgehead atoms. The Morgan fingerprint density at radius 2 is 2.08 bits per heavy atom. The number of nitrogens with one attached hydrogen (secondary N) is 2. The molecule has 134 valence electrons. The van der Waals surface area contributed by atoms with Gasteiger partial charge < -0.3 is 10.4 Å². The zero-order chi connectivity index (χ0) is 18.4. The Morgan fingerprint density at radius 3 is 2.76 bits per heavy atom. The van der Waals surface area contributed by atoms with Crippen LogP contribution in [0.1, 0.15) is 29.0 Å². The van der Waals surface area contributed by atoms with Crippen molar-refractivity contribution in [2.75, 3.05) is 11.9 Å². The predicted molar refractivity (Wildman–Crippen MR) is 89.9 cm³/mol. The summed E-state index contributed by atoms with van der Waals surface area (Å²) in [5, 5.41) is 14.0. The lowest BCUT2D eigenvalue weighted by Crippen LogP contribution is -2.29. The van der Waals surface area contributed by atoms with Gasteiger partial charge in [0.15, 0.2) is 5.13 Å². The number of nitrogens with zero attached hydrogens (tertiary/aromatic N) is 1. The minimum absolute atomic E-state index is 0.0238. The molecule has 2 amide bonds. The molecular weight excluding hydrogens is 352 g/mol. The Balaban J connectivity index is 1.93. The molecule has 6 nitrogen and oxygen atoms in total. The fraction of sp³-hybridized carbons (Fsp3) is 0.312. The number of carbonyl (C=O) groups is 2. The van der Waals surface area contributed by atoms with E-state index in [1.54, 1.807) is 6.92 Å². The molecule has 0 atom stereocenters. The average Bonchev–Trinajstić information content (AvgIpc) is 2.86. The van der Waals surface area contributed by atoms with Gasteiger partial charge in [0.25, 0.3) is 0 Å². The van der Waals surface area contributed by atoms with Gasteiger partial charge in [0.1, 0.15) is 11.6 Å². The third kappa shape index (κ3) is 5.79. The van der Waals surface area contributed by atoms with Gasteiger partial charge in [-0.3, -0.25) is 10.1 Å². The van der Waals surface area contributed by atoms with Crippen LogP contribution in [-0.4, -0.2) is 28.6 Å². The van der Waals surface area contributed by atoms with Gasteiger partial charge in [-0.05, 0) is 25.0 Å². The largest absolute Gasteiger partial charge is 0.481 e. The van der Waals surface area contributed by atoms with Crippen LogP contribution in [-0.2, 0) is 11.2 Å². The molecule has 1 aromatic heterocycles. The first-order valence-corrected chi connectivity index (χ1v) is 8.33. The first-order chi connectivity index (χ1) is 11.8. The van der Waals surface area contributed by atoms with Crippen LogP contribution in [0.3, 0.4) is 0 Å². The number of halogens is 2. The summed E-state index contributed by atoms with van der Waals surface area (Å²) in [5.74, 6) is -2.18. The van der Waals surface area contributed by atoms with Crippen LogP contribution in [0.2, 0.25) is 0 Å². The number of anilines is 1. The number of aliphatic carboxylic acids is 1. The number of carboxylic acids is 1. The van der Waals surface area contributed by atoms with Gasteiger partial charge in [0.05, 0.1) is 5.69 Å². The molecule has 0 spiro atoms. The third-order valence-electron chi connectivity index (χ3n) is 3.33. The molecule has 0 fully saturated rings. The molecule has 0 unspecified atom stereocenters. The lowest BCUT2D eigenvalue weighted by molar-refractivity contribution is -0.137. The summed E-state index contributed by atoms with van der Waals surface area (Å²) in [6.45, 7) is 1.97. The number of amides is 2. The van der Waals surface area contributed by atoms with E-state index >= 15 is 0 Å². The normalized spacial score (nSPS) is 10.5. The second-order valence-corrected chi connectivity index (χ2v) is 6.40. The van der Waals surface area contributed by atoms with Crippen LogP contribution >= 0.6 is 11.3 Å². The van der Waals surface area contributed by atoms with Crippen molar-refractivity contribution in [3.05, 3.63) is 46.0 Å². The van der Waals surface area contributed by atoms with Crippen molar-refractivity contribution in [1.29, 1.82) is 0 Å². The second-order valence-electron chi connectivity index (χ2n) is 5.32. The monoisotopic (exact) mass is 369 g/mol. The third-order valence-corrected chi connectivity index (χ3v) is 4.41. The van der Waals surface area contributed by atoms with E-state index in [0.717, 1.165) is 10.9 Å². The Kier molecular flexibility index (Phi) is 6.40. The van der Waals surface area contributed by atoms with Gasteiger partial charge in [-0.2, -0.15) is 0 Å². The lowest BCUT2D eigenvalue weighted by Gasteiger charge is -2.04. The first kappa shape index (κ1) is 18.8. The molecular formula is C16H17F2N3O3S. The molecule has 1 heterocycles. The van der Waals surface area contributed by atoms with Gasteiger partial charge in [0, 0.05) is 30.3 Å². The SMILES string of the molecule is Cc1nc(NC(=O)NCCCC(=O)O)sc1Cc1ccc(F)cc1F. The van der Waals surface area contributed by atoms with Crippen LogP contribution in [0.4, 0.5) is 18.7 Å². The zero-order valence-corrected chi connectivity index (χ0v) is 14.3. The van der Waals surface area contributed by atoms with Crippen molar-refractivity contribution in [2.45, 2.75) is 26.2 Å². The average molecular weight is 369 g/mol. The smallest absolute Gasteiger partial charge is 0.321 e. The highest BCUT2D eigenvalue weighted by molar-refractivity contribution is 7.15. The van der Waals surface area contributed by atoms with Gasteiger partial charge in [-0.1, -0.05) is 6.07 Å². The van der Waals surface area contributed by atoms with Crippen molar-refractivity contribution in [3.8, 4) is 0 Å². The minimum Gasteiger partial charge on any atom is -0.481 e. The highest BCUT2D eigenvalue weighted by atomic mass is 32.1. The summed E-state index contributed by atoms with van der Waals surface area (Å²) in [5.41, 5.74) is 0.993. The van der Waals surface area contributed by atoms with E-state index in [0.29, 0.717) is 22.8 Å². The van der Waals surface area contributed by atoms with E-state index in [1.165, 1.54) is 23.5 Å². The van der Waals surface area contributed by atoms with Crippen molar-refractivity contribution in [2.24, 2.45) is 0 Å². The molecule has 0 aliphatic heterocycles. The number of hydrogen-bond acceptors (Lipinski definition) is 4. The number of aryl methyl sites for hydroxylation is 1. The highest BCUT2D eigenvalue weighted by Crippen LogP contribution is 2.26. The van der Waals surface area contributed by atoms with E-state index in [1.807, 2.05) is 0 Å². The summed E-state index contributed by atoms with van der Waals surface area (Å²) in [4.78, 5) is 27.1. The Hall–Kier alpha value is -2.55. The van der Waals surface area contributed by atoms with Crippen molar-refractivity contribution in [3.63, 3.8) is 0 Å². The van der Waals surface area contributed by atoms with E-state index in [9.17, 15) is 18.4 Å². The van der Waals surface area contributed by atoms with E-state index in [4.69, 9.17) is 5.11 Å². The van der Waals surface area contributed by atoms with Gasteiger partial charge in [-0.25, -0.2) is 18.6 Å². The molecule has 0 saturated carbocycles. The minimum atomic E-state index is -0.921. The van der Waals surface area contributed by atoms with E-state index in [2.05, 4.69) is 15.6 Å². The standard InChI is InChI=1S/C16H17F2N3O3S/c1-9-13(7-10-4-5-11(17)8-12(10)18)25-16(20-9)21-15(24)19-6-2-3-14(22)23/h4-5,8H,2-3,6-7H2,1H3,(H,22,23)(H2,19,20,21,24). The van der Waals surface area contributed by atoms with Crippen LogP contribution in [0.15, 0.2) is 18.2 Å². The summed E-state index contributed by atoms with van der Waals surface area (Å²) in [6.07, 6.45) is 0.552. The number of carboxylic acid groups (broad SMARTS) is 1. The maximum Gasteiger partial charge on any atom is 0.321 e. The molecule has 0 aliphatic carbocycles. The lowest BCUT2D eigenvalue weighted by atomic mass is 10.1. The van der Waals surface area contributed by atoms with Gasteiger partial charge in [0.2, 0.25) is 0 Å². The van der Waals surface area contributed by atoms with Gasteiger partial charge in [-0.15, -0.1) is 11.3 Å². The number of hydrogen-bond donors (Lipinski definition) is 3. The maximum absolute atomic E-state index is 13.7. The molecule has 9 heteroatoms. The van der Waals surface area contributed by atoms with Gasteiger partial charge >= 0.3 is 12.0 Å². The van der Waals surface area contributed by atoms with E-state index < -0.39 is 23.6 Å². The number of aromatic nitrogens is 1. The summed E-state index contributed by atoms with van der Waals surface area (Å²) >= 11 is 1.20. The summed E-state index contributed by atoms with van der Waals surface area (Å²) in [7, 11) is 0. The molecule has 1 aromatic carbocycles. The number of carbonyl (C=O) groups excluding carboxylic acids is 1. The number of benzene rings is 1. The molecule has 3 N–H and O–H groups in total. The topological polar surface area (TPSA) is 91.3 Å². The molecule has 0 radical (unpaired) electrons. The van der Waals surface area contributed by atoms with Crippen LogP contribution in [0.5, 0.6) is 0 Å². The zero-order valence-electron chi connectivity index (χ0n) is 13.4. The molecule has 25 heavy (non-hydrogen) atoms. The van der Waals surface area contributed by atoms with Crippen LogP contribution in [0.25, 0.3) is 0 Å². The van der Waals surface area contributed by atoms with E-state index in [-0.39, 0.29) is 19.4 Å². The Labute approximate surface area is 146 Å². The van der Waals surface area contributed by atoms with Crippen molar-refractivity contribution < 1.29 is 23.5 Å². The Morgan fingerprint density at radius 1 is 1.32 bits per heavy atom. The van der Waals surface area contributed by atoms with Crippen LogP contribution < -0.4 is 10.6 Å².